The zero-order chi connectivity index (χ0) is 17.5. The van der Waals surface area contributed by atoms with E-state index in [1.54, 1.807) is 33.4 Å². The molecule has 0 N–H and O–H groups in total. The molecule has 140 valence electrons. The van der Waals surface area contributed by atoms with Gasteiger partial charge in [0.05, 0.1) is 0 Å². The van der Waals surface area contributed by atoms with Gasteiger partial charge in [0.1, 0.15) is 0 Å². The molecule has 27 heavy (non-hydrogen) atoms. The van der Waals surface area contributed by atoms with Crippen LogP contribution in [0.5, 0.6) is 0 Å². The Labute approximate surface area is 209 Å². The molecule has 1 aromatic carbocycles. The van der Waals surface area contributed by atoms with Crippen LogP contribution in [0.25, 0.3) is 6.08 Å². The van der Waals surface area contributed by atoms with E-state index in [-0.39, 0.29) is 51.0 Å². The Morgan fingerprint density at radius 1 is 0.926 bits per heavy atom. The van der Waals surface area contributed by atoms with Crippen molar-refractivity contribution in [1.82, 2.24) is 0 Å². The van der Waals surface area contributed by atoms with Crippen LogP contribution in [0.2, 0.25) is 3.12 Å². The van der Waals surface area contributed by atoms with Crippen molar-refractivity contribution in [3.8, 4) is 0 Å². The van der Waals surface area contributed by atoms with Crippen LogP contribution < -0.4 is 24.8 Å². The van der Waals surface area contributed by atoms with Crippen LogP contribution in [0, 0.1) is 0 Å². The van der Waals surface area contributed by atoms with Crippen LogP contribution in [0.3, 0.4) is 0 Å². The molecule has 4 heteroatoms. The molecule has 2 aliphatic carbocycles. The van der Waals surface area contributed by atoms with E-state index in [9.17, 15) is 0 Å². The molecular weight excluding hydrogens is 530 g/mol. The van der Waals surface area contributed by atoms with Gasteiger partial charge in [0.15, 0.2) is 0 Å². The Bertz CT molecular complexity index is 735. The summed E-state index contributed by atoms with van der Waals surface area (Å²) in [4.78, 5) is 0. The number of fused-ring (bicyclic) bond motifs is 1. The molecule has 0 saturated carbocycles. The van der Waals surface area contributed by atoms with Crippen molar-refractivity contribution < 1.29 is 74.3 Å². The third-order valence-corrected chi connectivity index (χ3v) is 12.8. The van der Waals surface area contributed by atoms with E-state index in [1.807, 2.05) is 0 Å². The molecular formula is C23H30Cl2Zr2+4. The maximum Gasteiger partial charge on any atom is 4.00 e. The van der Waals surface area contributed by atoms with E-state index in [2.05, 4.69) is 71.9 Å². The van der Waals surface area contributed by atoms with Gasteiger partial charge in [-0.15, -0.1) is 0 Å². The topological polar surface area (TPSA) is 0 Å². The Morgan fingerprint density at radius 3 is 2.00 bits per heavy atom. The van der Waals surface area contributed by atoms with Gasteiger partial charge in [-0.2, -0.15) is 0 Å². The molecule has 0 fully saturated rings. The van der Waals surface area contributed by atoms with Crippen molar-refractivity contribution in [1.29, 1.82) is 0 Å². The van der Waals surface area contributed by atoms with Crippen LogP contribution in [0.4, 0.5) is 0 Å². The zero-order valence-electron chi connectivity index (χ0n) is 17.3. The van der Waals surface area contributed by atoms with Gasteiger partial charge in [-0.05, 0) is 0 Å². The molecule has 0 spiro atoms. The minimum absolute atomic E-state index is 0. The van der Waals surface area contributed by atoms with E-state index in [1.165, 1.54) is 24.8 Å². The van der Waals surface area contributed by atoms with Gasteiger partial charge < -0.3 is 24.8 Å². The molecule has 1 atom stereocenters. The van der Waals surface area contributed by atoms with Crippen molar-refractivity contribution in [2.45, 2.75) is 67.6 Å². The molecule has 0 amide bonds. The molecule has 0 aromatic heterocycles. The Kier molecular flexibility index (Phi) is 11.6. The Morgan fingerprint density at radius 2 is 1.48 bits per heavy atom. The fourth-order valence-corrected chi connectivity index (χ4v) is 10.4. The van der Waals surface area contributed by atoms with Gasteiger partial charge in [0.2, 0.25) is 0 Å². The fourth-order valence-electron chi connectivity index (χ4n) is 4.64. The molecule has 1 aromatic rings. The van der Waals surface area contributed by atoms with Gasteiger partial charge >= 0.3 is 186 Å². The smallest absolute Gasteiger partial charge is 1.00 e. The average Bonchev–Trinajstić information content (AvgIpc) is 3.01. The standard InChI is InChI=1S/C12H13.C11H17.2ClH.2Zr/c1-2-5-10-8-11-6-3-4-7-12(11)9-10;1-6-11-9(4)7(2)8(3)10(11)5;;;;/h3-4,6-9H,2,5H2,1H3;6H2,1-5H3;2*1H;;/q;;;;+2;+4/p-2. The fraction of sp³-hybridized carbons (Fsp3) is 0.478. The van der Waals surface area contributed by atoms with Crippen LogP contribution in [0.15, 0.2) is 52.1 Å². The monoisotopic (exact) mass is 556 g/mol. The van der Waals surface area contributed by atoms with Gasteiger partial charge in [-0.25, -0.2) is 0 Å². The summed E-state index contributed by atoms with van der Waals surface area (Å²) in [6.45, 7) is 14.3. The van der Waals surface area contributed by atoms with Gasteiger partial charge in [0, 0.05) is 0 Å². The van der Waals surface area contributed by atoms with Crippen molar-refractivity contribution >= 4 is 6.08 Å². The minimum atomic E-state index is -0.719. The molecule has 0 heterocycles. The van der Waals surface area contributed by atoms with Crippen molar-refractivity contribution in [3.63, 3.8) is 0 Å². The quantitative estimate of drug-likeness (QED) is 0.510. The van der Waals surface area contributed by atoms with Crippen LogP contribution in [0.1, 0.15) is 75.6 Å². The number of benzene rings is 1. The molecule has 0 bridgehead atoms. The summed E-state index contributed by atoms with van der Waals surface area (Å²) in [6.07, 6.45) is 6.32. The first-order chi connectivity index (χ1) is 11.5. The first kappa shape index (κ1) is 27.8. The number of halogens is 2. The zero-order valence-corrected chi connectivity index (χ0v) is 23.8. The number of rotatable bonds is 5. The number of hydrogen-bond acceptors (Lipinski definition) is 0. The summed E-state index contributed by atoms with van der Waals surface area (Å²) in [5.74, 6) is 0. The summed E-state index contributed by atoms with van der Waals surface area (Å²) >= 11 is -0.719. The van der Waals surface area contributed by atoms with Gasteiger partial charge in [0.25, 0.3) is 0 Å². The Balaban J connectivity index is 0.00000225. The van der Waals surface area contributed by atoms with E-state index in [0.717, 1.165) is 3.63 Å². The summed E-state index contributed by atoms with van der Waals surface area (Å²) in [5, 5.41) is 0. The first-order valence-electron chi connectivity index (χ1n) is 9.39. The second-order valence-corrected chi connectivity index (χ2v) is 11.7. The predicted molar refractivity (Wildman–Crippen MR) is 102 cm³/mol. The van der Waals surface area contributed by atoms with Crippen molar-refractivity contribution in [3.05, 3.63) is 63.3 Å². The van der Waals surface area contributed by atoms with Crippen molar-refractivity contribution in [2.24, 2.45) is 0 Å². The number of hydrogen-bond donors (Lipinski definition) is 0. The normalized spacial score (nSPS) is 19.5. The molecule has 0 nitrogen and oxygen atoms in total. The van der Waals surface area contributed by atoms with Crippen LogP contribution in [-0.4, -0.2) is 0 Å². The first-order valence-corrected chi connectivity index (χ1v) is 12.0. The second kappa shape index (κ2) is 11.3. The van der Waals surface area contributed by atoms with Gasteiger partial charge in [-0.1, -0.05) is 0 Å². The third-order valence-electron chi connectivity index (χ3n) is 6.45. The maximum absolute atomic E-state index is 2.51. The predicted octanol–water partition coefficient (Wildman–Crippen LogP) is 1.27. The molecule has 3 rings (SSSR count). The third kappa shape index (κ3) is 4.76. The summed E-state index contributed by atoms with van der Waals surface area (Å²) in [7, 11) is 0. The largest absolute Gasteiger partial charge is 4.00 e. The van der Waals surface area contributed by atoms with E-state index in [4.69, 9.17) is 0 Å². The summed E-state index contributed by atoms with van der Waals surface area (Å²) in [6, 6.07) is 9.15. The molecule has 0 saturated heterocycles. The van der Waals surface area contributed by atoms with E-state index in [0.29, 0.717) is 3.12 Å². The van der Waals surface area contributed by atoms with Gasteiger partial charge in [-0.3, -0.25) is 0 Å². The Hall–Kier alpha value is 0.786. The average molecular weight is 560 g/mol. The minimum Gasteiger partial charge on any atom is -1.00 e. The summed E-state index contributed by atoms with van der Waals surface area (Å²) in [5.41, 5.74) is 11.4. The molecule has 0 radical (unpaired) electrons. The van der Waals surface area contributed by atoms with E-state index < -0.39 is 23.2 Å². The SMILES string of the molecule is CCCC1=Cc2ccccc2[CH]1[Zr+2][C]1(CC)C(C)=C(C)C(C)=C1C.[Cl-].[Cl-].[Zr+4]. The molecule has 0 aliphatic heterocycles. The second-order valence-electron chi connectivity index (χ2n) is 7.43. The summed E-state index contributed by atoms with van der Waals surface area (Å²) < 4.78 is 1.18. The van der Waals surface area contributed by atoms with Crippen molar-refractivity contribution in [2.75, 3.05) is 0 Å². The van der Waals surface area contributed by atoms with Crippen LogP contribution in [-0.2, 0) is 49.4 Å². The molecule has 2 aliphatic rings. The van der Waals surface area contributed by atoms with E-state index >= 15 is 0 Å². The maximum atomic E-state index is 2.51. The number of allylic oxidation sites excluding steroid dienone is 5. The molecule has 1 unspecified atom stereocenters. The van der Waals surface area contributed by atoms with Crippen LogP contribution >= 0.6 is 0 Å².